The second kappa shape index (κ2) is 5.68. The fourth-order valence-electron chi connectivity index (χ4n) is 3.58. The first-order valence-corrected chi connectivity index (χ1v) is 7.74. The molecule has 1 heterocycles. The van der Waals surface area contributed by atoms with Crippen LogP contribution in [0.15, 0.2) is 18.2 Å². The molecule has 0 spiro atoms. The summed E-state index contributed by atoms with van der Waals surface area (Å²) < 4.78 is 5.35. The van der Waals surface area contributed by atoms with Crippen LogP contribution in [0.3, 0.4) is 0 Å². The Hall–Kier alpha value is -1.55. The molecule has 0 saturated carbocycles. The molecular weight excluding hydrogens is 266 g/mol. The number of methoxy groups -OCH3 is 1. The highest BCUT2D eigenvalue weighted by Gasteiger charge is 2.39. The topological polar surface area (TPSA) is 49.8 Å². The lowest BCUT2D eigenvalue weighted by atomic mass is 9.80. The quantitative estimate of drug-likeness (QED) is 0.926. The lowest BCUT2D eigenvalue weighted by Crippen LogP contribution is -2.52. The van der Waals surface area contributed by atoms with Crippen molar-refractivity contribution in [3.63, 3.8) is 0 Å². The van der Waals surface area contributed by atoms with Crippen LogP contribution in [0.5, 0.6) is 5.75 Å². The number of carboxylic acid groups (broad SMARTS) is 1. The Balaban J connectivity index is 1.73. The number of likely N-dealkylation sites (tertiary alicyclic amines) is 1. The minimum Gasteiger partial charge on any atom is -0.497 e. The first-order chi connectivity index (χ1) is 10.1. The van der Waals surface area contributed by atoms with Gasteiger partial charge in [0.2, 0.25) is 0 Å². The largest absolute Gasteiger partial charge is 0.497 e. The highest BCUT2D eigenvalue weighted by molar-refractivity contribution is 5.70. The van der Waals surface area contributed by atoms with Crippen molar-refractivity contribution in [2.45, 2.75) is 32.2 Å². The van der Waals surface area contributed by atoms with Crippen LogP contribution in [0.2, 0.25) is 0 Å². The van der Waals surface area contributed by atoms with Crippen LogP contribution in [0.25, 0.3) is 0 Å². The number of benzene rings is 1. The van der Waals surface area contributed by atoms with Crippen LogP contribution < -0.4 is 4.74 Å². The number of aliphatic carboxylic acids is 1. The van der Waals surface area contributed by atoms with Crippen molar-refractivity contribution >= 4 is 5.97 Å². The van der Waals surface area contributed by atoms with E-state index in [0.29, 0.717) is 12.0 Å². The maximum Gasteiger partial charge on any atom is 0.306 e. The van der Waals surface area contributed by atoms with E-state index in [4.69, 9.17) is 9.84 Å². The Morgan fingerprint density at radius 2 is 2.19 bits per heavy atom. The van der Waals surface area contributed by atoms with Crippen molar-refractivity contribution in [1.29, 1.82) is 0 Å². The molecule has 2 aliphatic rings. The van der Waals surface area contributed by atoms with E-state index in [9.17, 15) is 4.79 Å². The summed E-state index contributed by atoms with van der Waals surface area (Å²) in [5.41, 5.74) is 2.80. The molecule has 4 nitrogen and oxygen atoms in total. The Morgan fingerprint density at radius 1 is 1.43 bits per heavy atom. The summed E-state index contributed by atoms with van der Waals surface area (Å²) in [5, 5.41) is 9.11. The number of ether oxygens (including phenoxy) is 1. The van der Waals surface area contributed by atoms with E-state index < -0.39 is 5.97 Å². The fraction of sp³-hybridized carbons (Fsp3) is 0.588. The summed E-state index contributed by atoms with van der Waals surface area (Å²) in [6, 6.07) is 6.80. The molecule has 2 atom stereocenters. The van der Waals surface area contributed by atoms with Crippen molar-refractivity contribution in [1.82, 2.24) is 4.90 Å². The van der Waals surface area contributed by atoms with Gasteiger partial charge in [-0.15, -0.1) is 0 Å². The second-order valence-corrected chi connectivity index (χ2v) is 6.31. The lowest BCUT2D eigenvalue weighted by Gasteiger charge is -2.47. The van der Waals surface area contributed by atoms with E-state index in [-0.39, 0.29) is 5.92 Å². The summed E-state index contributed by atoms with van der Waals surface area (Å²) in [7, 11) is 1.70. The molecular formula is C17H23NO3. The zero-order valence-electron chi connectivity index (χ0n) is 12.7. The molecule has 1 aliphatic heterocycles. The third-order valence-electron chi connectivity index (χ3n) is 5.11. The summed E-state index contributed by atoms with van der Waals surface area (Å²) in [6.07, 6.45) is 3.51. The molecule has 114 valence electrons. The Labute approximate surface area is 125 Å². The Bertz CT molecular complexity index is 537. The number of rotatable bonds is 4. The lowest BCUT2D eigenvalue weighted by molar-refractivity contribution is -0.146. The van der Waals surface area contributed by atoms with Crippen molar-refractivity contribution in [2.75, 3.05) is 20.2 Å². The van der Waals surface area contributed by atoms with Gasteiger partial charge in [0, 0.05) is 19.1 Å². The number of fused-ring (bicyclic) bond motifs is 1. The van der Waals surface area contributed by atoms with Crippen molar-refractivity contribution in [2.24, 2.45) is 11.8 Å². The third-order valence-corrected chi connectivity index (χ3v) is 5.11. The molecule has 1 aromatic carbocycles. The van der Waals surface area contributed by atoms with Gasteiger partial charge in [0.15, 0.2) is 0 Å². The minimum atomic E-state index is -0.676. The first kappa shape index (κ1) is 14.4. The smallest absolute Gasteiger partial charge is 0.306 e. The Kier molecular flexibility index (Phi) is 3.89. The normalized spacial score (nSPS) is 24.0. The van der Waals surface area contributed by atoms with Gasteiger partial charge in [0.25, 0.3) is 0 Å². The van der Waals surface area contributed by atoms with E-state index in [1.54, 1.807) is 7.11 Å². The van der Waals surface area contributed by atoms with E-state index in [0.717, 1.165) is 31.7 Å². The van der Waals surface area contributed by atoms with Gasteiger partial charge in [0.05, 0.1) is 13.0 Å². The molecule has 1 N–H and O–H groups in total. The maximum absolute atomic E-state index is 11.1. The molecule has 2 unspecified atom stereocenters. The van der Waals surface area contributed by atoms with Crippen LogP contribution in [0.1, 0.15) is 36.9 Å². The third kappa shape index (κ3) is 2.64. The van der Waals surface area contributed by atoms with Crippen LogP contribution in [-0.4, -0.2) is 36.2 Å². The van der Waals surface area contributed by atoms with Gasteiger partial charge in [-0.2, -0.15) is 0 Å². The summed E-state index contributed by atoms with van der Waals surface area (Å²) in [6.45, 7) is 3.62. The van der Waals surface area contributed by atoms with Crippen LogP contribution in [0, 0.1) is 11.8 Å². The minimum absolute atomic E-state index is 0.241. The number of carboxylic acids is 1. The van der Waals surface area contributed by atoms with Gasteiger partial charge in [-0.25, -0.2) is 0 Å². The van der Waals surface area contributed by atoms with Gasteiger partial charge in [0.1, 0.15) is 5.75 Å². The van der Waals surface area contributed by atoms with E-state index in [2.05, 4.69) is 17.0 Å². The molecule has 0 radical (unpaired) electrons. The average molecular weight is 289 g/mol. The number of nitrogens with zero attached hydrogens (tertiary/aromatic N) is 1. The summed E-state index contributed by atoms with van der Waals surface area (Å²) >= 11 is 0. The number of aryl methyl sites for hydroxylation is 1. The predicted molar refractivity (Wildman–Crippen MR) is 80.5 cm³/mol. The second-order valence-electron chi connectivity index (χ2n) is 6.31. The van der Waals surface area contributed by atoms with Crippen molar-refractivity contribution in [3.05, 3.63) is 29.3 Å². The zero-order chi connectivity index (χ0) is 15.0. The summed E-state index contributed by atoms with van der Waals surface area (Å²) in [4.78, 5) is 13.5. The molecule has 1 aliphatic carbocycles. The van der Waals surface area contributed by atoms with Gasteiger partial charge in [-0.05, 0) is 48.4 Å². The highest BCUT2D eigenvalue weighted by atomic mass is 16.5. The fourth-order valence-corrected chi connectivity index (χ4v) is 3.58. The van der Waals surface area contributed by atoms with E-state index in [1.165, 1.54) is 17.5 Å². The predicted octanol–water partition coefficient (Wildman–Crippen LogP) is 2.73. The molecule has 1 saturated heterocycles. The van der Waals surface area contributed by atoms with Crippen molar-refractivity contribution in [3.8, 4) is 5.75 Å². The van der Waals surface area contributed by atoms with Gasteiger partial charge < -0.3 is 9.84 Å². The van der Waals surface area contributed by atoms with E-state index >= 15 is 0 Å². The molecule has 1 aromatic rings. The molecule has 4 heteroatoms. The maximum atomic E-state index is 11.1. The van der Waals surface area contributed by atoms with Gasteiger partial charge in [-0.3, -0.25) is 9.69 Å². The SMILES string of the molecule is COc1ccc2c(c1)C(N1CC(C(C)C(=O)O)C1)CCC2. The van der Waals surface area contributed by atoms with Crippen LogP contribution in [0.4, 0.5) is 0 Å². The average Bonchev–Trinajstić information content (AvgIpc) is 2.45. The molecule has 0 aromatic heterocycles. The van der Waals surface area contributed by atoms with Gasteiger partial charge in [-0.1, -0.05) is 13.0 Å². The monoisotopic (exact) mass is 289 g/mol. The molecule has 3 rings (SSSR count). The summed E-state index contributed by atoms with van der Waals surface area (Å²) in [5.74, 6) is 0.287. The molecule has 0 bridgehead atoms. The first-order valence-electron chi connectivity index (χ1n) is 7.74. The standard InChI is InChI=1S/C17H23NO3/c1-11(17(19)20)13-9-18(10-13)16-5-3-4-12-6-7-14(21-2)8-15(12)16/h6-8,11,13,16H,3-5,9-10H2,1-2H3,(H,19,20). The number of hydrogen-bond donors (Lipinski definition) is 1. The van der Waals surface area contributed by atoms with Crippen LogP contribution in [-0.2, 0) is 11.2 Å². The van der Waals surface area contributed by atoms with Gasteiger partial charge >= 0.3 is 5.97 Å². The van der Waals surface area contributed by atoms with E-state index in [1.807, 2.05) is 13.0 Å². The Morgan fingerprint density at radius 3 is 2.86 bits per heavy atom. The molecule has 21 heavy (non-hydrogen) atoms. The number of carbonyl (C=O) groups is 1. The zero-order valence-corrected chi connectivity index (χ0v) is 12.7. The molecule has 1 fully saturated rings. The number of hydrogen-bond acceptors (Lipinski definition) is 3. The molecule has 0 amide bonds. The highest BCUT2D eigenvalue weighted by Crippen LogP contribution is 2.40. The van der Waals surface area contributed by atoms with Crippen molar-refractivity contribution < 1.29 is 14.6 Å². The van der Waals surface area contributed by atoms with Crippen LogP contribution >= 0.6 is 0 Å².